The summed E-state index contributed by atoms with van der Waals surface area (Å²) in [6.45, 7) is 0. The van der Waals surface area contributed by atoms with Crippen LogP contribution in [0.2, 0.25) is 5.15 Å². The van der Waals surface area contributed by atoms with Gasteiger partial charge in [0.05, 0.1) is 10.5 Å². The van der Waals surface area contributed by atoms with Crippen LogP contribution in [0.4, 0.5) is 0 Å². The molecule has 4 heteroatoms. The van der Waals surface area contributed by atoms with Crippen LogP contribution >= 0.6 is 24.2 Å². The smallest absolute Gasteiger partial charge is 0.143 e. The van der Waals surface area contributed by atoms with E-state index in [1.54, 1.807) is 6.07 Å². The van der Waals surface area contributed by atoms with Crippen LogP contribution in [0.5, 0.6) is 0 Å². The molecular formula is C6H3ClN2S. The predicted octanol–water partition coefficient (Wildman–Crippen LogP) is 1.90. The Balaban J connectivity index is 3.31. The van der Waals surface area contributed by atoms with E-state index in [0.29, 0.717) is 10.5 Å². The fraction of sp³-hybridized carbons (Fsp3) is 0. The van der Waals surface area contributed by atoms with Gasteiger partial charge in [-0.25, -0.2) is 4.98 Å². The second kappa shape index (κ2) is 2.91. The largest absolute Gasteiger partial charge is 0.243 e. The highest BCUT2D eigenvalue weighted by Crippen LogP contribution is 2.19. The molecule has 0 bridgehead atoms. The van der Waals surface area contributed by atoms with Crippen molar-refractivity contribution in [3.63, 3.8) is 0 Å². The summed E-state index contributed by atoms with van der Waals surface area (Å²) in [5.41, 5.74) is 0.448. The molecule has 0 N–H and O–H groups in total. The number of rotatable bonds is 0. The van der Waals surface area contributed by atoms with E-state index < -0.39 is 0 Å². The van der Waals surface area contributed by atoms with Gasteiger partial charge in [-0.3, -0.25) is 0 Å². The first kappa shape index (κ1) is 7.39. The number of pyridine rings is 1. The molecule has 10 heavy (non-hydrogen) atoms. The third kappa shape index (κ3) is 1.23. The molecule has 0 amide bonds. The highest BCUT2D eigenvalue weighted by molar-refractivity contribution is 7.80. The summed E-state index contributed by atoms with van der Waals surface area (Å²) in [7, 11) is 0. The zero-order valence-electron chi connectivity index (χ0n) is 4.87. The molecule has 0 radical (unpaired) electrons. The molecule has 2 nitrogen and oxygen atoms in total. The topological polar surface area (TPSA) is 36.7 Å². The summed E-state index contributed by atoms with van der Waals surface area (Å²) >= 11 is 9.53. The molecule has 0 aliphatic rings. The zero-order valence-corrected chi connectivity index (χ0v) is 6.52. The second-order valence-corrected chi connectivity index (χ2v) is 2.41. The number of aromatic nitrogens is 1. The van der Waals surface area contributed by atoms with E-state index in [-0.39, 0.29) is 5.15 Å². The van der Waals surface area contributed by atoms with Crippen molar-refractivity contribution in [2.75, 3.05) is 0 Å². The van der Waals surface area contributed by atoms with Crippen molar-refractivity contribution in [1.29, 1.82) is 5.26 Å². The van der Waals surface area contributed by atoms with Crippen LogP contribution < -0.4 is 0 Å². The van der Waals surface area contributed by atoms with Gasteiger partial charge in [-0.15, -0.1) is 12.6 Å². The van der Waals surface area contributed by atoms with Gasteiger partial charge < -0.3 is 0 Å². The Morgan fingerprint density at radius 2 is 2.40 bits per heavy atom. The van der Waals surface area contributed by atoms with Gasteiger partial charge in [0.2, 0.25) is 0 Å². The maximum absolute atomic E-state index is 8.46. The molecule has 0 unspecified atom stereocenters. The molecule has 50 valence electrons. The lowest BCUT2D eigenvalue weighted by Gasteiger charge is -1.94. The van der Waals surface area contributed by atoms with Crippen LogP contribution in [0.25, 0.3) is 0 Å². The average molecular weight is 171 g/mol. The third-order valence-electron chi connectivity index (χ3n) is 1.00. The van der Waals surface area contributed by atoms with Gasteiger partial charge in [-0.1, -0.05) is 11.6 Å². The molecule has 1 aromatic rings. The lowest BCUT2D eigenvalue weighted by Crippen LogP contribution is -1.81. The third-order valence-corrected chi connectivity index (χ3v) is 1.87. The summed E-state index contributed by atoms with van der Waals surface area (Å²) in [6.07, 6.45) is 1.47. The summed E-state index contributed by atoms with van der Waals surface area (Å²) in [4.78, 5) is 4.16. The molecule has 0 spiro atoms. The highest BCUT2D eigenvalue weighted by Gasteiger charge is 2.01. The minimum absolute atomic E-state index is 0.266. The number of nitrogens with zero attached hydrogens (tertiary/aromatic N) is 2. The Kier molecular flexibility index (Phi) is 2.15. The number of nitriles is 1. The SMILES string of the molecule is N#Cc1ccnc(Cl)c1S. The van der Waals surface area contributed by atoms with Crippen LogP contribution in [0.15, 0.2) is 17.2 Å². The Morgan fingerprint density at radius 3 is 2.90 bits per heavy atom. The van der Waals surface area contributed by atoms with E-state index in [1.807, 2.05) is 6.07 Å². The van der Waals surface area contributed by atoms with Gasteiger partial charge >= 0.3 is 0 Å². The molecule has 1 rings (SSSR count). The summed E-state index contributed by atoms with van der Waals surface area (Å²) in [5, 5.41) is 8.72. The quantitative estimate of drug-likeness (QED) is 0.477. The molecule has 0 aromatic carbocycles. The van der Waals surface area contributed by atoms with Crippen molar-refractivity contribution in [2.24, 2.45) is 0 Å². The van der Waals surface area contributed by atoms with Gasteiger partial charge in [-0.05, 0) is 6.07 Å². The van der Waals surface area contributed by atoms with Crippen molar-refractivity contribution < 1.29 is 0 Å². The van der Waals surface area contributed by atoms with Crippen molar-refractivity contribution in [2.45, 2.75) is 4.90 Å². The van der Waals surface area contributed by atoms with Crippen LogP contribution in [-0.4, -0.2) is 4.98 Å². The second-order valence-electron chi connectivity index (χ2n) is 1.61. The average Bonchev–Trinajstić information content (AvgIpc) is 1.95. The molecular weight excluding hydrogens is 168 g/mol. The molecule has 0 atom stereocenters. The van der Waals surface area contributed by atoms with E-state index in [0.717, 1.165) is 0 Å². The standard InChI is InChI=1S/C6H3ClN2S/c7-6-5(10)4(3-8)1-2-9-6/h1-2,10H. The van der Waals surface area contributed by atoms with Crippen LogP contribution in [0.3, 0.4) is 0 Å². The molecule has 1 heterocycles. The van der Waals surface area contributed by atoms with Crippen LogP contribution in [-0.2, 0) is 0 Å². The number of thiol groups is 1. The van der Waals surface area contributed by atoms with Crippen molar-refractivity contribution in [3.05, 3.63) is 23.0 Å². The number of hydrogen-bond acceptors (Lipinski definition) is 3. The summed E-state index contributed by atoms with van der Waals surface area (Å²) in [6, 6.07) is 3.50. The summed E-state index contributed by atoms with van der Waals surface area (Å²) in [5.74, 6) is 0. The van der Waals surface area contributed by atoms with E-state index in [1.165, 1.54) is 6.20 Å². The summed E-state index contributed by atoms with van der Waals surface area (Å²) < 4.78 is 0. The number of hydrogen-bond donors (Lipinski definition) is 1. The Bertz CT molecular complexity index is 292. The molecule has 0 saturated heterocycles. The lowest BCUT2D eigenvalue weighted by molar-refractivity contribution is 1.22. The van der Waals surface area contributed by atoms with Gasteiger partial charge in [0.15, 0.2) is 0 Å². The fourth-order valence-corrected chi connectivity index (χ4v) is 0.859. The molecule has 1 aromatic heterocycles. The predicted molar refractivity (Wildman–Crippen MR) is 41.2 cm³/mol. The lowest BCUT2D eigenvalue weighted by atomic mass is 10.3. The monoisotopic (exact) mass is 170 g/mol. The van der Waals surface area contributed by atoms with Crippen molar-refractivity contribution in [1.82, 2.24) is 4.98 Å². The van der Waals surface area contributed by atoms with E-state index in [4.69, 9.17) is 16.9 Å². The van der Waals surface area contributed by atoms with Crippen molar-refractivity contribution >= 4 is 24.2 Å². The maximum Gasteiger partial charge on any atom is 0.143 e. The Labute approximate surface area is 68.9 Å². The number of halogens is 1. The highest BCUT2D eigenvalue weighted by atomic mass is 35.5. The van der Waals surface area contributed by atoms with Gasteiger partial charge in [0.25, 0.3) is 0 Å². The molecule has 0 aliphatic carbocycles. The van der Waals surface area contributed by atoms with Crippen LogP contribution in [0, 0.1) is 11.3 Å². The Morgan fingerprint density at radius 1 is 1.70 bits per heavy atom. The normalized spacial score (nSPS) is 8.90. The van der Waals surface area contributed by atoms with Crippen LogP contribution in [0.1, 0.15) is 5.56 Å². The minimum atomic E-state index is 0.266. The fourth-order valence-electron chi connectivity index (χ4n) is 0.519. The Hall–Kier alpha value is -0.720. The first-order valence-corrected chi connectivity index (χ1v) is 3.32. The van der Waals surface area contributed by atoms with Gasteiger partial charge in [0.1, 0.15) is 11.2 Å². The zero-order chi connectivity index (χ0) is 7.56. The minimum Gasteiger partial charge on any atom is -0.243 e. The first-order valence-electron chi connectivity index (χ1n) is 2.49. The van der Waals surface area contributed by atoms with Gasteiger partial charge in [0, 0.05) is 6.20 Å². The van der Waals surface area contributed by atoms with E-state index >= 15 is 0 Å². The molecule has 0 aliphatic heterocycles. The maximum atomic E-state index is 8.46. The van der Waals surface area contributed by atoms with Gasteiger partial charge in [-0.2, -0.15) is 5.26 Å². The molecule has 0 saturated carbocycles. The first-order chi connectivity index (χ1) is 4.75. The van der Waals surface area contributed by atoms with E-state index in [9.17, 15) is 0 Å². The van der Waals surface area contributed by atoms with Crippen molar-refractivity contribution in [3.8, 4) is 6.07 Å². The molecule has 0 fully saturated rings. The van der Waals surface area contributed by atoms with E-state index in [2.05, 4.69) is 17.6 Å².